The molecule has 0 heterocycles. The molecule has 28 heavy (non-hydrogen) atoms. The zero-order valence-corrected chi connectivity index (χ0v) is 16.2. The molecule has 0 spiro atoms. The summed E-state index contributed by atoms with van der Waals surface area (Å²) in [6, 6.07) is 9.26. The quantitative estimate of drug-likeness (QED) is 0.698. The summed E-state index contributed by atoms with van der Waals surface area (Å²) in [7, 11) is 1.55. The summed E-state index contributed by atoms with van der Waals surface area (Å²) in [5.41, 5.74) is 1.11. The Bertz CT molecular complexity index is 894. The van der Waals surface area contributed by atoms with Gasteiger partial charge in [0.1, 0.15) is 5.82 Å². The van der Waals surface area contributed by atoms with Gasteiger partial charge >= 0.3 is 0 Å². The molecule has 2 amide bonds. The van der Waals surface area contributed by atoms with Crippen LogP contribution >= 0.6 is 0 Å². The van der Waals surface area contributed by atoms with Crippen molar-refractivity contribution in [2.45, 2.75) is 26.9 Å². The van der Waals surface area contributed by atoms with Gasteiger partial charge in [-0.05, 0) is 55.8 Å². The van der Waals surface area contributed by atoms with E-state index in [9.17, 15) is 14.0 Å². The lowest BCUT2D eigenvalue weighted by Crippen LogP contribution is -2.10. The largest absolute Gasteiger partial charge is 0.493 e. The van der Waals surface area contributed by atoms with Crippen LogP contribution in [0.2, 0.25) is 0 Å². The monoisotopic (exact) mass is 386 g/mol. The fraction of sp³-hybridized carbons (Fsp3) is 0.238. The highest BCUT2D eigenvalue weighted by Gasteiger charge is 2.08. The molecule has 0 saturated carbocycles. The second-order valence-electron chi connectivity index (χ2n) is 6.28. The highest BCUT2D eigenvalue weighted by molar-refractivity contribution is 6.02. The van der Waals surface area contributed by atoms with Crippen LogP contribution in [0.1, 0.15) is 26.3 Å². The molecule has 0 bridgehead atoms. The molecule has 0 aliphatic rings. The maximum Gasteiger partial charge on any atom is 0.248 e. The maximum absolute atomic E-state index is 13.7. The lowest BCUT2D eigenvalue weighted by Gasteiger charge is -2.13. The molecule has 7 heteroatoms. The molecule has 0 fully saturated rings. The summed E-state index contributed by atoms with van der Waals surface area (Å²) >= 11 is 0. The van der Waals surface area contributed by atoms with Crippen molar-refractivity contribution in [2.24, 2.45) is 0 Å². The predicted molar refractivity (Wildman–Crippen MR) is 107 cm³/mol. The summed E-state index contributed by atoms with van der Waals surface area (Å²) < 4.78 is 24.6. The zero-order valence-electron chi connectivity index (χ0n) is 16.2. The number of carbonyl (C=O) groups is 2. The number of amides is 2. The van der Waals surface area contributed by atoms with Crippen LogP contribution in [-0.2, 0) is 9.59 Å². The van der Waals surface area contributed by atoms with Crippen LogP contribution in [0.3, 0.4) is 0 Å². The van der Waals surface area contributed by atoms with E-state index < -0.39 is 17.6 Å². The van der Waals surface area contributed by atoms with Crippen molar-refractivity contribution in [1.29, 1.82) is 0 Å². The number of hydrogen-bond donors (Lipinski definition) is 2. The Labute approximate surface area is 163 Å². The molecule has 2 rings (SSSR count). The van der Waals surface area contributed by atoms with E-state index in [-0.39, 0.29) is 11.8 Å². The predicted octanol–water partition coefficient (Wildman–Crippen LogP) is 4.23. The number of rotatable bonds is 7. The van der Waals surface area contributed by atoms with Gasteiger partial charge in [-0.1, -0.05) is 6.07 Å². The fourth-order valence-corrected chi connectivity index (χ4v) is 2.38. The highest BCUT2D eigenvalue weighted by Crippen LogP contribution is 2.29. The molecule has 0 unspecified atom stereocenters. The number of hydrogen-bond acceptors (Lipinski definition) is 4. The first-order valence-electron chi connectivity index (χ1n) is 8.69. The third-order valence-corrected chi connectivity index (χ3v) is 3.52. The Hall–Kier alpha value is -3.35. The van der Waals surface area contributed by atoms with Gasteiger partial charge in [0, 0.05) is 18.7 Å². The second kappa shape index (κ2) is 9.55. The van der Waals surface area contributed by atoms with Gasteiger partial charge in [-0.25, -0.2) is 4.39 Å². The second-order valence-corrected chi connectivity index (χ2v) is 6.28. The first-order chi connectivity index (χ1) is 13.3. The van der Waals surface area contributed by atoms with Gasteiger partial charge in [0.05, 0.1) is 18.9 Å². The average Bonchev–Trinajstić information content (AvgIpc) is 2.62. The van der Waals surface area contributed by atoms with E-state index in [1.807, 2.05) is 13.8 Å². The number of ether oxygens (including phenoxy) is 2. The normalized spacial score (nSPS) is 10.8. The van der Waals surface area contributed by atoms with Gasteiger partial charge in [0.25, 0.3) is 0 Å². The van der Waals surface area contributed by atoms with Crippen LogP contribution in [0.25, 0.3) is 6.08 Å². The Morgan fingerprint density at radius 1 is 1.07 bits per heavy atom. The van der Waals surface area contributed by atoms with Gasteiger partial charge in [0.15, 0.2) is 11.5 Å². The van der Waals surface area contributed by atoms with Gasteiger partial charge in [-0.3, -0.25) is 9.59 Å². The van der Waals surface area contributed by atoms with Gasteiger partial charge in [-0.2, -0.15) is 0 Å². The number of halogens is 1. The summed E-state index contributed by atoms with van der Waals surface area (Å²) in [5.74, 6) is -0.201. The molecule has 2 aromatic carbocycles. The third kappa shape index (κ3) is 6.12. The molecule has 0 aromatic heterocycles. The van der Waals surface area contributed by atoms with E-state index in [1.54, 1.807) is 31.4 Å². The molecule has 6 nitrogen and oxygen atoms in total. The molecule has 0 saturated heterocycles. The zero-order chi connectivity index (χ0) is 20.7. The summed E-state index contributed by atoms with van der Waals surface area (Å²) in [6.45, 7) is 5.12. The van der Waals surface area contributed by atoms with Gasteiger partial charge < -0.3 is 20.1 Å². The Kier molecular flexibility index (Phi) is 7.14. The highest BCUT2D eigenvalue weighted by atomic mass is 19.1. The lowest BCUT2D eigenvalue weighted by atomic mass is 10.2. The van der Waals surface area contributed by atoms with E-state index >= 15 is 0 Å². The van der Waals surface area contributed by atoms with Crippen molar-refractivity contribution in [3.8, 4) is 11.5 Å². The SMILES string of the molecule is COc1cc(/C=C/C(=O)Nc2ccc(F)c(NC(C)=O)c2)ccc1OC(C)C. The standard InChI is InChI=1S/C21H23FN2O4/c1-13(2)28-19-9-5-15(11-20(19)27-4)6-10-21(26)24-16-7-8-17(22)18(12-16)23-14(3)25/h5-13H,1-4H3,(H,23,25)(H,24,26)/b10-6+. The van der Waals surface area contributed by atoms with E-state index in [4.69, 9.17) is 9.47 Å². The minimum absolute atomic E-state index is 0.000225. The number of nitrogens with one attached hydrogen (secondary N) is 2. The molecule has 148 valence electrons. The van der Waals surface area contributed by atoms with E-state index in [0.717, 1.165) is 5.56 Å². The number of anilines is 2. The van der Waals surface area contributed by atoms with Crippen molar-refractivity contribution >= 4 is 29.3 Å². The summed E-state index contributed by atoms with van der Waals surface area (Å²) in [4.78, 5) is 23.2. The molecule has 0 aliphatic heterocycles. The van der Waals surface area contributed by atoms with E-state index in [2.05, 4.69) is 10.6 Å². The van der Waals surface area contributed by atoms with Crippen LogP contribution in [0, 0.1) is 5.82 Å². The number of benzene rings is 2. The van der Waals surface area contributed by atoms with Crippen LogP contribution in [-0.4, -0.2) is 25.0 Å². The summed E-state index contributed by atoms with van der Waals surface area (Å²) in [6.07, 6.45) is 2.98. The first-order valence-corrected chi connectivity index (χ1v) is 8.69. The minimum Gasteiger partial charge on any atom is -0.493 e. The van der Waals surface area contributed by atoms with Gasteiger partial charge in [0.2, 0.25) is 11.8 Å². The van der Waals surface area contributed by atoms with Crippen molar-refractivity contribution in [3.05, 3.63) is 53.9 Å². The van der Waals surface area contributed by atoms with Crippen LogP contribution < -0.4 is 20.1 Å². The van der Waals surface area contributed by atoms with Crippen molar-refractivity contribution in [2.75, 3.05) is 17.7 Å². The molecule has 0 aliphatic carbocycles. The summed E-state index contributed by atoms with van der Waals surface area (Å²) in [5, 5.41) is 4.99. The maximum atomic E-state index is 13.7. The smallest absolute Gasteiger partial charge is 0.248 e. The average molecular weight is 386 g/mol. The fourth-order valence-electron chi connectivity index (χ4n) is 2.38. The molecule has 2 aromatic rings. The molecule has 0 radical (unpaired) electrons. The lowest BCUT2D eigenvalue weighted by molar-refractivity contribution is -0.114. The van der Waals surface area contributed by atoms with Crippen LogP contribution in [0.15, 0.2) is 42.5 Å². The first kappa shape index (κ1) is 21.0. The van der Waals surface area contributed by atoms with Crippen LogP contribution in [0.4, 0.5) is 15.8 Å². The minimum atomic E-state index is -0.584. The van der Waals surface area contributed by atoms with Crippen molar-refractivity contribution < 1.29 is 23.5 Å². The number of carbonyl (C=O) groups excluding carboxylic acids is 2. The molecule has 2 N–H and O–H groups in total. The van der Waals surface area contributed by atoms with Crippen LogP contribution in [0.5, 0.6) is 11.5 Å². The molecule has 0 atom stereocenters. The Morgan fingerprint density at radius 3 is 2.46 bits per heavy atom. The topological polar surface area (TPSA) is 76.7 Å². The third-order valence-electron chi connectivity index (χ3n) is 3.52. The Morgan fingerprint density at radius 2 is 1.82 bits per heavy atom. The van der Waals surface area contributed by atoms with E-state index in [1.165, 1.54) is 31.2 Å². The molecular weight excluding hydrogens is 363 g/mol. The Balaban J connectivity index is 2.08. The molecular formula is C21H23FN2O4. The van der Waals surface area contributed by atoms with Gasteiger partial charge in [-0.15, -0.1) is 0 Å². The number of methoxy groups -OCH3 is 1. The van der Waals surface area contributed by atoms with E-state index in [0.29, 0.717) is 17.2 Å². The van der Waals surface area contributed by atoms with Crippen molar-refractivity contribution in [1.82, 2.24) is 0 Å². The van der Waals surface area contributed by atoms with Crippen molar-refractivity contribution in [3.63, 3.8) is 0 Å².